The third kappa shape index (κ3) is 3.40. The van der Waals surface area contributed by atoms with Crippen LogP contribution in [0.5, 0.6) is 0 Å². The van der Waals surface area contributed by atoms with Gasteiger partial charge >= 0.3 is 11.4 Å². The lowest BCUT2D eigenvalue weighted by Crippen LogP contribution is -2.37. The van der Waals surface area contributed by atoms with Gasteiger partial charge in [-0.05, 0) is 36.6 Å². The Hall–Kier alpha value is -4.06. The number of rotatable bonds is 5. The first-order valence-corrected chi connectivity index (χ1v) is 12.1. The SMILES string of the molecule is CCOC1=C2C(c3ccccc3)CC(c3ccccc3)C2n2c(=O)n(-c3ccccc3)c(=O)n2C1. The van der Waals surface area contributed by atoms with E-state index in [0.717, 1.165) is 23.3 Å². The quantitative estimate of drug-likeness (QED) is 0.432. The number of allylic oxidation sites excluding steroid dienone is 2. The molecule has 35 heavy (non-hydrogen) atoms. The minimum absolute atomic E-state index is 0.0298. The molecular weight excluding hydrogens is 438 g/mol. The van der Waals surface area contributed by atoms with Crippen LogP contribution in [0.1, 0.15) is 42.3 Å². The summed E-state index contributed by atoms with van der Waals surface area (Å²) in [6.07, 6.45) is 0.835. The summed E-state index contributed by atoms with van der Waals surface area (Å²) >= 11 is 0. The summed E-state index contributed by atoms with van der Waals surface area (Å²) < 4.78 is 10.7. The summed E-state index contributed by atoms with van der Waals surface area (Å²) in [5, 5.41) is 0. The van der Waals surface area contributed by atoms with Gasteiger partial charge in [-0.3, -0.25) is 0 Å². The van der Waals surface area contributed by atoms with Crippen molar-refractivity contribution in [2.75, 3.05) is 6.61 Å². The van der Waals surface area contributed by atoms with Crippen molar-refractivity contribution in [1.29, 1.82) is 0 Å². The first kappa shape index (κ1) is 21.5. The lowest BCUT2D eigenvalue weighted by Gasteiger charge is -2.31. The van der Waals surface area contributed by atoms with E-state index in [1.165, 1.54) is 10.1 Å². The van der Waals surface area contributed by atoms with Crippen molar-refractivity contribution in [2.45, 2.75) is 37.8 Å². The van der Waals surface area contributed by atoms with E-state index in [1.807, 2.05) is 49.4 Å². The zero-order valence-corrected chi connectivity index (χ0v) is 19.6. The molecule has 1 aliphatic carbocycles. The van der Waals surface area contributed by atoms with Gasteiger partial charge in [-0.15, -0.1) is 0 Å². The standard InChI is InChI=1S/C29H27N3O3/c1-2-35-25-19-30-28(33)31(22-16-10-5-11-17-22)29(34)32(30)27-24(21-14-8-4-9-15-21)18-23(26(25)27)20-12-6-3-7-13-20/h3-17,23-24,27H,2,18-19H2,1H3. The van der Waals surface area contributed by atoms with Crippen molar-refractivity contribution in [2.24, 2.45) is 0 Å². The van der Waals surface area contributed by atoms with Gasteiger partial charge in [0.15, 0.2) is 0 Å². The highest BCUT2D eigenvalue weighted by molar-refractivity contribution is 5.43. The molecule has 0 N–H and O–H groups in total. The number of aromatic nitrogens is 3. The van der Waals surface area contributed by atoms with Crippen LogP contribution >= 0.6 is 0 Å². The predicted molar refractivity (Wildman–Crippen MR) is 135 cm³/mol. The van der Waals surface area contributed by atoms with Crippen LogP contribution in [-0.2, 0) is 11.3 Å². The molecule has 0 radical (unpaired) electrons. The lowest BCUT2D eigenvalue weighted by atomic mass is 9.91. The summed E-state index contributed by atoms with van der Waals surface area (Å²) in [7, 11) is 0. The maximum absolute atomic E-state index is 13.9. The smallest absolute Gasteiger partial charge is 0.352 e. The summed E-state index contributed by atoms with van der Waals surface area (Å²) in [6.45, 7) is 2.71. The normalized spacial score (nSPS) is 21.0. The van der Waals surface area contributed by atoms with Crippen molar-refractivity contribution < 1.29 is 4.74 Å². The van der Waals surface area contributed by atoms with Crippen molar-refractivity contribution in [1.82, 2.24) is 13.9 Å². The maximum atomic E-state index is 13.9. The van der Waals surface area contributed by atoms with E-state index in [9.17, 15) is 9.59 Å². The molecule has 6 rings (SSSR count). The third-order valence-corrected chi connectivity index (χ3v) is 7.27. The minimum Gasteiger partial charge on any atom is -0.496 e. The topological polar surface area (TPSA) is 58.2 Å². The van der Waals surface area contributed by atoms with Gasteiger partial charge in [0.1, 0.15) is 12.3 Å². The molecule has 0 amide bonds. The molecule has 1 saturated carbocycles. The second kappa shape index (κ2) is 8.62. The van der Waals surface area contributed by atoms with Crippen molar-refractivity contribution in [3.8, 4) is 5.69 Å². The Morgan fingerprint density at radius 1 is 0.800 bits per heavy atom. The van der Waals surface area contributed by atoms with Gasteiger partial charge in [0.05, 0.1) is 18.3 Å². The first-order valence-electron chi connectivity index (χ1n) is 12.1. The molecule has 1 aromatic heterocycles. The number of fused-ring (bicyclic) bond motifs is 3. The number of benzene rings is 3. The highest BCUT2D eigenvalue weighted by Gasteiger charge is 2.48. The summed E-state index contributed by atoms with van der Waals surface area (Å²) in [6, 6.07) is 29.6. The Kier molecular flexibility index (Phi) is 5.29. The van der Waals surface area contributed by atoms with Crippen LogP contribution in [-0.4, -0.2) is 20.5 Å². The molecule has 6 heteroatoms. The van der Waals surface area contributed by atoms with Gasteiger partial charge in [-0.1, -0.05) is 78.9 Å². The second-order valence-corrected chi connectivity index (χ2v) is 9.11. The Labute approximate surface area is 203 Å². The van der Waals surface area contributed by atoms with Crippen molar-refractivity contribution in [3.63, 3.8) is 0 Å². The average molecular weight is 466 g/mol. The number of ether oxygens (including phenoxy) is 1. The summed E-state index contributed by atoms with van der Waals surface area (Å²) in [5.74, 6) is 0.933. The van der Waals surface area contributed by atoms with Crippen molar-refractivity contribution in [3.05, 3.63) is 134 Å². The molecule has 3 atom stereocenters. The van der Waals surface area contributed by atoms with E-state index < -0.39 is 0 Å². The summed E-state index contributed by atoms with van der Waals surface area (Å²) in [5.41, 5.74) is 3.39. The van der Waals surface area contributed by atoms with Crippen molar-refractivity contribution >= 4 is 0 Å². The zero-order valence-electron chi connectivity index (χ0n) is 19.6. The molecule has 3 unspecified atom stereocenters. The monoisotopic (exact) mass is 465 g/mol. The molecule has 0 bridgehead atoms. The van der Waals surface area contributed by atoms with E-state index in [4.69, 9.17) is 4.74 Å². The molecule has 2 aliphatic rings. The van der Waals surface area contributed by atoms with Gasteiger partial charge in [-0.2, -0.15) is 0 Å². The number of para-hydroxylation sites is 1. The van der Waals surface area contributed by atoms with Gasteiger partial charge in [0, 0.05) is 17.4 Å². The van der Waals surface area contributed by atoms with Gasteiger partial charge < -0.3 is 4.74 Å². The van der Waals surface area contributed by atoms with Gasteiger partial charge in [-0.25, -0.2) is 23.5 Å². The van der Waals surface area contributed by atoms with E-state index in [2.05, 4.69) is 36.4 Å². The largest absolute Gasteiger partial charge is 0.496 e. The Morgan fingerprint density at radius 3 is 2.03 bits per heavy atom. The fraction of sp³-hybridized carbons (Fsp3) is 0.241. The highest BCUT2D eigenvalue weighted by atomic mass is 16.5. The van der Waals surface area contributed by atoms with Gasteiger partial charge in [0.25, 0.3) is 0 Å². The van der Waals surface area contributed by atoms with Crippen LogP contribution in [0.2, 0.25) is 0 Å². The minimum atomic E-state index is -0.340. The fourth-order valence-electron chi connectivity index (χ4n) is 5.85. The zero-order chi connectivity index (χ0) is 23.9. The molecule has 2 heterocycles. The highest BCUT2D eigenvalue weighted by Crippen LogP contribution is 2.55. The average Bonchev–Trinajstić information content (AvgIpc) is 3.42. The molecule has 0 spiro atoms. The van der Waals surface area contributed by atoms with Crippen LogP contribution in [0.25, 0.3) is 5.69 Å². The lowest BCUT2D eigenvalue weighted by molar-refractivity contribution is 0.180. The van der Waals surface area contributed by atoms with E-state index in [1.54, 1.807) is 21.5 Å². The molecule has 6 nitrogen and oxygen atoms in total. The number of hydrogen-bond donors (Lipinski definition) is 0. The maximum Gasteiger partial charge on any atom is 0.352 e. The summed E-state index contributed by atoms with van der Waals surface area (Å²) in [4.78, 5) is 27.5. The van der Waals surface area contributed by atoms with E-state index in [-0.39, 0.29) is 35.8 Å². The molecule has 4 aromatic rings. The second-order valence-electron chi connectivity index (χ2n) is 9.11. The Morgan fingerprint density at radius 2 is 1.40 bits per heavy atom. The predicted octanol–water partition coefficient (Wildman–Crippen LogP) is 4.62. The molecule has 3 aromatic carbocycles. The third-order valence-electron chi connectivity index (χ3n) is 7.27. The van der Waals surface area contributed by atoms with Crippen LogP contribution < -0.4 is 11.4 Å². The number of hydrogen-bond acceptors (Lipinski definition) is 3. The van der Waals surface area contributed by atoms with Crippen LogP contribution in [0.3, 0.4) is 0 Å². The molecule has 1 fully saturated rings. The fourth-order valence-corrected chi connectivity index (χ4v) is 5.85. The molecule has 176 valence electrons. The van der Waals surface area contributed by atoms with Crippen LogP contribution in [0.15, 0.2) is 112 Å². The van der Waals surface area contributed by atoms with Gasteiger partial charge in [0.2, 0.25) is 0 Å². The van der Waals surface area contributed by atoms with E-state index in [0.29, 0.717) is 12.3 Å². The molecule has 1 aliphatic heterocycles. The van der Waals surface area contributed by atoms with E-state index >= 15 is 0 Å². The molecule has 0 saturated heterocycles. The Balaban J connectivity index is 1.61. The Bertz CT molecular complexity index is 1500. The number of nitrogens with zero attached hydrogens (tertiary/aromatic N) is 3. The van der Waals surface area contributed by atoms with Crippen LogP contribution in [0.4, 0.5) is 0 Å². The first-order chi connectivity index (χ1) is 17.2. The molecular formula is C29H27N3O3. The van der Waals surface area contributed by atoms with Crippen LogP contribution in [0, 0.1) is 0 Å².